The second-order valence-electron chi connectivity index (χ2n) is 3.86. The molecule has 0 saturated carbocycles. The summed E-state index contributed by atoms with van der Waals surface area (Å²) in [6.45, 7) is 0. The average Bonchev–Trinajstić information content (AvgIpc) is 2.76. The van der Waals surface area contributed by atoms with Gasteiger partial charge in [0, 0.05) is 0 Å². The minimum atomic E-state index is -0.0116. The summed E-state index contributed by atoms with van der Waals surface area (Å²) in [6, 6.07) is 15.4. The van der Waals surface area contributed by atoms with Crippen LogP contribution in [-0.2, 0) is 0 Å². The zero-order valence-electron chi connectivity index (χ0n) is 9.79. The molecule has 0 amide bonds. The topological polar surface area (TPSA) is 31.2 Å². The molecule has 1 aromatic heterocycles. The number of ether oxygens (including phenoxy) is 1. The van der Waals surface area contributed by atoms with Gasteiger partial charge in [0.15, 0.2) is 0 Å². The van der Waals surface area contributed by atoms with Gasteiger partial charge in [-0.3, -0.25) is 0 Å². The molecule has 0 saturated heterocycles. The van der Waals surface area contributed by atoms with Gasteiger partial charge >= 0.3 is 110 Å². The standard InChI is InChI=1S/C14H11NO2Se/c1-17-12-8-4-3-7-11(12)15-14(16)10-6-2-5-9-13(10)18-15/h2-9H,1H3. The van der Waals surface area contributed by atoms with Crippen molar-refractivity contribution >= 4 is 24.4 Å². The number of methoxy groups -OCH3 is 1. The van der Waals surface area contributed by atoms with Crippen molar-refractivity contribution in [3.05, 3.63) is 58.9 Å². The molecular weight excluding hydrogens is 293 g/mol. The third-order valence-corrected chi connectivity index (χ3v) is 5.10. The normalized spacial score (nSPS) is 10.7. The quantitative estimate of drug-likeness (QED) is 0.679. The van der Waals surface area contributed by atoms with Crippen LogP contribution in [0.3, 0.4) is 0 Å². The van der Waals surface area contributed by atoms with Crippen molar-refractivity contribution in [2.75, 3.05) is 7.11 Å². The number of fused-ring (bicyclic) bond motifs is 1. The number of aromatic nitrogens is 1. The van der Waals surface area contributed by atoms with Crippen LogP contribution in [0.25, 0.3) is 15.3 Å². The van der Waals surface area contributed by atoms with Crippen LogP contribution >= 0.6 is 0 Å². The van der Waals surface area contributed by atoms with E-state index in [-0.39, 0.29) is 20.3 Å². The molecule has 18 heavy (non-hydrogen) atoms. The molecular formula is C14H11NO2Se. The Bertz CT molecular complexity index is 758. The zero-order valence-corrected chi connectivity index (χ0v) is 11.5. The first-order valence-corrected chi connectivity index (χ1v) is 7.18. The molecule has 0 aliphatic carbocycles. The van der Waals surface area contributed by atoms with E-state index in [0.29, 0.717) is 0 Å². The zero-order chi connectivity index (χ0) is 12.5. The van der Waals surface area contributed by atoms with E-state index >= 15 is 0 Å². The van der Waals surface area contributed by atoms with Crippen molar-refractivity contribution in [3.8, 4) is 11.4 Å². The van der Waals surface area contributed by atoms with Crippen LogP contribution in [0.5, 0.6) is 5.75 Å². The Labute approximate surface area is 110 Å². The molecule has 0 aliphatic heterocycles. The molecule has 0 atom stereocenters. The second-order valence-corrected chi connectivity index (χ2v) is 5.93. The fraction of sp³-hybridized carbons (Fsp3) is 0.0714. The molecule has 0 N–H and O–H groups in total. The number of benzene rings is 2. The number of hydrogen-bond acceptors (Lipinski definition) is 2. The SMILES string of the molecule is COc1ccccc1-n1[se]c2ccccc2c1=O. The predicted molar refractivity (Wildman–Crippen MR) is 73.0 cm³/mol. The molecule has 0 fully saturated rings. The Balaban J connectivity index is 2.32. The molecule has 3 aromatic rings. The summed E-state index contributed by atoms with van der Waals surface area (Å²) in [4.78, 5) is 12.4. The second kappa shape index (κ2) is 4.48. The van der Waals surface area contributed by atoms with Gasteiger partial charge in [-0.1, -0.05) is 0 Å². The van der Waals surface area contributed by atoms with Gasteiger partial charge in [0.25, 0.3) is 0 Å². The van der Waals surface area contributed by atoms with E-state index in [1.54, 1.807) is 7.11 Å². The average molecular weight is 304 g/mol. The third kappa shape index (κ3) is 1.70. The Morgan fingerprint density at radius 1 is 1.06 bits per heavy atom. The Hall–Kier alpha value is -1.77. The van der Waals surface area contributed by atoms with Gasteiger partial charge in [-0.05, 0) is 0 Å². The molecule has 3 nitrogen and oxygen atoms in total. The van der Waals surface area contributed by atoms with Crippen molar-refractivity contribution in [2.24, 2.45) is 0 Å². The van der Waals surface area contributed by atoms with Crippen LogP contribution < -0.4 is 10.3 Å². The van der Waals surface area contributed by atoms with E-state index in [9.17, 15) is 4.79 Å². The van der Waals surface area contributed by atoms with Crippen molar-refractivity contribution < 1.29 is 4.74 Å². The molecule has 0 radical (unpaired) electrons. The van der Waals surface area contributed by atoms with E-state index in [1.807, 2.05) is 52.1 Å². The monoisotopic (exact) mass is 305 g/mol. The summed E-state index contributed by atoms with van der Waals surface area (Å²) in [5.74, 6) is 0.737. The predicted octanol–water partition coefficient (Wildman–Crippen LogP) is 2.06. The number of para-hydroxylation sites is 2. The molecule has 0 unspecified atom stereocenters. The first-order chi connectivity index (χ1) is 8.81. The van der Waals surface area contributed by atoms with E-state index in [0.717, 1.165) is 21.1 Å². The summed E-state index contributed by atoms with van der Waals surface area (Å²) >= 11 is -0.0116. The van der Waals surface area contributed by atoms with Crippen LogP contribution in [0, 0.1) is 0 Å². The van der Waals surface area contributed by atoms with Gasteiger partial charge in [0.2, 0.25) is 0 Å². The fourth-order valence-corrected chi connectivity index (χ4v) is 4.07. The van der Waals surface area contributed by atoms with Gasteiger partial charge in [-0.25, -0.2) is 0 Å². The first-order valence-electron chi connectivity index (χ1n) is 5.56. The van der Waals surface area contributed by atoms with Gasteiger partial charge in [0.05, 0.1) is 0 Å². The Kier molecular flexibility index (Phi) is 2.82. The molecule has 4 heteroatoms. The number of hydrogen-bond donors (Lipinski definition) is 0. The van der Waals surface area contributed by atoms with Crippen LogP contribution in [0.4, 0.5) is 0 Å². The summed E-state index contributed by atoms with van der Waals surface area (Å²) < 4.78 is 8.26. The van der Waals surface area contributed by atoms with E-state index in [2.05, 4.69) is 0 Å². The molecule has 1 heterocycles. The Morgan fingerprint density at radius 3 is 2.56 bits per heavy atom. The number of nitrogens with zero attached hydrogens (tertiary/aromatic N) is 1. The summed E-state index contributed by atoms with van der Waals surface area (Å²) in [6.07, 6.45) is 0. The van der Waals surface area contributed by atoms with E-state index in [1.165, 1.54) is 0 Å². The summed E-state index contributed by atoms with van der Waals surface area (Å²) in [7, 11) is 1.62. The van der Waals surface area contributed by atoms with E-state index in [4.69, 9.17) is 4.74 Å². The Morgan fingerprint density at radius 2 is 1.78 bits per heavy atom. The van der Waals surface area contributed by atoms with Gasteiger partial charge in [-0.15, -0.1) is 0 Å². The van der Waals surface area contributed by atoms with Gasteiger partial charge < -0.3 is 0 Å². The van der Waals surface area contributed by atoms with Crippen molar-refractivity contribution in [1.82, 2.24) is 3.56 Å². The molecule has 0 spiro atoms. The van der Waals surface area contributed by atoms with Crippen molar-refractivity contribution in [3.63, 3.8) is 0 Å². The van der Waals surface area contributed by atoms with E-state index < -0.39 is 0 Å². The van der Waals surface area contributed by atoms with Crippen LogP contribution in [0.2, 0.25) is 0 Å². The first kappa shape index (κ1) is 11.3. The maximum absolute atomic E-state index is 12.4. The number of rotatable bonds is 2. The van der Waals surface area contributed by atoms with Gasteiger partial charge in [-0.2, -0.15) is 0 Å². The van der Waals surface area contributed by atoms with Crippen LogP contribution in [0.1, 0.15) is 0 Å². The molecule has 3 rings (SSSR count). The van der Waals surface area contributed by atoms with Crippen LogP contribution in [0.15, 0.2) is 53.3 Å². The van der Waals surface area contributed by atoms with Gasteiger partial charge in [0.1, 0.15) is 0 Å². The van der Waals surface area contributed by atoms with Crippen molar-refractivity contribution in [2.45, 2.75) is 0 Å². The summed E-state index contributed by atoms with van der Waals surface area (Å²) in [5.41, 5.74) is 0.913. The molecule has 90 valence electrons. The third-order valence-electron chi connectivity index (χ3n) is 2.80. The summed E-state index contributed by atoms with van der Waals surface area (Å²) in [5, 5.41) is 0.809. The maximum atomic E-state index is 12.4. The minimum absolute atomic E-state index is 0.0116. The fourth-order valence-electron chi connectivity index (χ4n) is 1.93. The molecule has 0 aliphatic rings. The molecule has 2 aromatic carbocycles. The van der Waals surface area contributed by atoms with Crippen molar-refractivity contribution in [1.29, 1.82) is 0 Å². The molecule has 0 bridgehead atoms. The van der Waals surface area contributed by atoms with Crippen LogP contribution in [-0.4, -0.2) is 25.4 Å².